The first-order valence-electron chi connectivity index (χ1n) is 5.05. The van der Waals surface area contributed by atoms with Crippen LogP contribution in [-0.4, -0.2) is 26.7 Å². The van der Waals surface area contributed by atoms with E-state index in [4.69, 9.17) is 4.52 Å². The highest BCUT2D eigenvalue weighted by Crippen LogP contribution is 2.14. The fourth-order valence-electron chi connectivity index (χ4n) is 1.53. The van der Waals surface area contributed by atoms with E-state index in [0.29, 0.717) is 24.7 Å². The van der Waals surface area contributed by atoms with E-state index in [9.17, 15) is 8.78 Å². The Morgan fingerprint density at radius 3 is 2.88 bits per heavy atom. The molecule has 5 nitrogen and oxygen atoms in total. The summed E-state index contributed by atoms with van der Waals surface area (Å²) in [6.45, 7) is -1.75. The van der Waals surface area contributed by atoms with E-state index in [0.717, 1.165) is 4.57 Å². The van der Waals surface area contributed by atoms with Crippen molar-refractivity contribution in [3.63, 3.8) is 0 Å². The van der Waals surface area contributed by atoms with Crippen LogP contribution in [0.1, 0.15) is 18.1 Å². The number of hydrogen-bond acceptors (Lipinski definition) is 4. The zero-order chi connectivity index (χ0) is 12.3. The van der Waals surface area contributed by atoms with Crippen molar-refractivity contribution in [1.82, 2.24) is 19.6 Å². The van der Waals surface area contributed by atoms with Crippen LogP contribution in [0.2, 0.25) is 0 Å². The lowest BCUT2D eigenvalue weighted by atomic mass is 10.4. The van der Waals surface area contributed by atoms with Crippen LogP contribution in [0.3, 0.4) is 0 Å². The van der Waals surface area contributed by atoms with Crippen molar-refractivity contribution >= 4 is 0 Å². The molecule has 0 saturated carbocycles. The molecule has 0 atom stereocenters. The van der Waals surface area contributed by atoms with E-state index in [1.165, 1.54) is 12.4 Å². The van der Waals surface area contributed by atoms with E-state index in [1.807, 2.05) is 4.90 Å². The molecule has 0 amide bonds. The van der Waals surface area contributed by atoms with Gasteiger partial charge in [0.05, 0.1) is 19.3 Å². The number of hydrogen-bond donors (Lipinski definition) is 0. The van der Waals surface area contributed by atoms with Gasteiger partial charge in [0, 0.05) is 18.5 Å². The van der Waals surface area contributed by atoms with Gasteiger partial charge >= 0.3 is 6.55 Å². The summed E-state index contributed by atoms with van der Waals surface area (Å²) in [7, 11) is 1.80. The van der Waals surface area contributed by atoms with Crippen LogP contribution >= 0.6 is 0 Å². The first-order chi connectivity index (χ1) is 8.16. The molecule has 0 saturated heterocycles. The summed E-state index contributed by atoms with van der Waals surface area (Å²) >= 11 is 0. The van der Waals surface area contributed by atoms with Crippen LogP contribution in [-0.2, 0) is 13.1 Å². The fraction of sp³-hybridized carbons (Fsp3) is 0.400. The molecule has 0 bridgehead atoms. The molecule has 2 aromatic rings. The van der Waals surface area contributed by atoms with Gasteiger partial charge in [0.25, 0.3) is 0 Å². The fourth-order valence-corrected chi connectivity index (χ4v) is 1.53. The maximum absolute atomic E-state index is 12.6. The zero-order valence-corrected chi connectivity index (χ0v) is 9.25. The topological polar surface area (TPSA) is 47.1 Å². The molecule has 2 rings (SSSR count). The summed E-state index contributed by atoms with van der Waals surface area (Å²) in [5, 5.41) is 3.58. The Labute approximate surface area is 96.6 Å². The van der Waals surface area contributed by atoms with Gasteiger partial charge in [-0.25, -0.2) is 4.98 Å². The summed E-state index contributed by atoms with van der Waals surface area (Å²) in [6, 6.07) is 1.73. The van der Waals surface area contributed by atoms with Gasteiger partial charge in [-0.2, -0.15) is 8.78 Å². The number of aromatic nitrogens is 3. The van der Waals surface area contributed by atoms with Crippen molar-refractivity contribution < 1.29 is 13.3 Å². The Balaban J connectivity index is 1.98. The first kappa shape index (κ1) is 11.7. The predicted molar refractivity (Wildman–Crippen MR) is 55.2 cm³/mol. The Hall–Kier alpha value is -1.76. The lowest BCUT2D eigenvalue weighted by Crippen LogP contribution is -2.20. The van der Waals surface area contributed by atoms with E-state index < -0.39 is 6.55 Å². The van der Waals surface area contributed by atoms with Gasteiger partial charge in [-0.15, -0.1) is 0 Å². The van der Waals surface area contributed by atoms with Crippen LogP contribution in [0.5, 0.6) is 0 Å². The highest BCUT2D eigenvalue weighted by Gasteiger charge is 2.13. The molecule has 0 spiro atoms. The minimum atomic E-state index is -2.56. The van der Waals surface area contributed by atoms with E-state index in [-0.39, 0.29) is 0 Å². The average Bonchev–Trinajstić information content (AvgIpc) is 2.88. The summed E-state index contributed by atoms with van der Waals surface area (Å²) in [4.78, 5) is 5.72. The smallest absolute Gasteiger partial charge is 0.319 e. The highest BCUT2D eigenvalue weighted by molar-refractivity contribution is 4.95. The van der Waals surface area contributed by atoms with Gasteiger partial charge in [0.1, 0.15) is 5.82 Å². The van der Waals surface area contributed by atoms with Crippen LogP contribution < -0.4 is 0 Å². The number of alkyl halides is 2. The molecule has 7 heteroatoms. The first-order valence-corrected chi connectivity index (χ1v) is 5.05. The third-order valence-corrected chi connectivity index (χ3v) is 2.29. The van der Waals surface area contributed by atoms with Crippen molar-refractivity contribution in [2.45, 2.75) is 19.6 Å². The second-order valence-electron chi connectivity index (χ2n) is 3.68. The van der Waals surface area contributed by atoms with Crippen molar-refractivity contribution in [3.05, 3.63) is 36.2 Å². The summed E-state index contributed by atoms with van der Waals surface area (Å²) in [5.41, 5.74) is 0. The zero-order valence-electron chi connectivity index (χ0n) is 9.25. The normalized spacial score (nSPS) is 11.6. The van der Waals surface area contributed by atoms with Gasteiger partial charge in [0.15, 0.2) is 5.76 Å². The van der Waals surface area contributed by atoms with Gasteiger partial charge in [-0.3, -0.25) is 9.47 Å². The molecule has 92 valence electrons. The molecule has 0 aliphatic carbocycles. The minimum Gasteiger partial charge on any atom is -0.360 e. The highest BCUT2D eigenvalue weighted by atomic mass is 19.3. The Bertz CT molecular complexity index is 455. The second-order valence-corrected chi connectivity index (χ2v) is 3.68. The quantitative estimate of drug-likeness (QED) is 0.803. The van der Waals surface area contributed by atoms with Gasteiger partial charge in [-0.05, 0) is 7.05 Å². The SMILES string of the molecule is CN(Cc1ccno1)Cc1nccn1C(F)F. The Morgan fingerprint density at radius 1 is 1.41 bits per heavy atom. The summed E-state index contributed by atoms with van der Waals surface area (Å²) in [6.07, 6.45) is 4.18. The molecule has 17 heavy (non-hydrogen) atoms. The molecule has 2 aromatic heterocycles. The molecule has 0 fully saturated rings. The minimum absolute atomic E-state index is 0.317. The van der Waals surface area contributed by atoms with Crippen LogP contribution in [0, 0.1) is 0 Å². The van der Waals surface area contributed by atoms with Gasteiger partial charge in [0.2, 0.25) is 0 Å². The second kappa shape index (κ2) is 5.05. The number of nitrogens with zero attached hydrogens (tertiary/aromatic N) is 4. The van der Waals surface area contributed by atoms with Crippen LogP contribution in [0.15, 0.2) is 29.2 Å². The third-order valence-electron chi connectivity index (χ3n) is 2.29. The largest absolute Gasteiger partial charge is 0.360 e. The summed E-state index contributed by atoms with van der Waals surface area (Å²) < 4.78 is 30.9. The van der Waals surface area contributed by atoms with Gasteiger partial charge < -0.3 is 4.52 Å². The standard InChI is InChI=1S/C10H12F2N4O/c1-15(6-8-2-3-14-17-8)7-9-13-4-5-16(9)10(11)12/h2-5,10H,6-7H2,1H3. The number of imidazole rings is 1. The molecular formula is C10H12F2N4O. The van der Waals surface area contributed by atoms with E-state index in [1.54, 1.807) is 19.3 Å². The monoisotopic (exact) mass is 242 g/mol. The Morgan fingerprint density at radius 2 is 2.24 bits per heavy atom. The Kier molecular flexibility index (Phi) is 3.48. The van der Waals surface area contributed by atoms with Crippen molar-refractivity contribution in [2.75, 3.05) is 7.05 Å². The van der Waals surface area contributed by atoms with E-state index in [2.05, 4.69) is 10.1 Å². The summed E-state index contributed by atoms with van der Waals surface area (Å²) in [5.74, 6) is 1.00. The van der Waals surface area contributed by atoms with Crippen molar-refractivity contribution in [1.29, 1.82) is 0 Å². The van der Waals surface area contributed by atoms with Crippen molar-refractivity contribution in [3.8, 4) is 0 Å². The third kappa shape index (κ3) is 2.88. The lowest BCUT2D eigenvalue weighted by molar-refractivity contribution is 0.0642. The molecule has 0 radical (unpaired) electrons. The van der Waals surface area contributed by atoms with Gasteiger partial charge in [-0.1, -0.05) is 5.16 Å². The van der Waals surface area contributed by atoms with Crippen LogP contribution in [0.4, 0.5) is 8.78 Å². The molecular weight excluding hydrogens is 230 g/mol. The number of rotatable bonds is 5. The molecule has 0 unspecified atom stereocenters. The molecule has 0 aliphatic heterocycles. The number of halogens is 2. The molecule has 0 aromatic carbocycles. The average molecular weight is 242 g/mol. The van der Waals surface area contributed by atoms with Crippen LogP contribution in [0.25, 0.3) is 0 Å². The molecule has 0 aliphatic rings. The maximum atomic E-state index is 12.6. The van der Waals surface area contributed by atoms with Crippen molar-refractivity contribution in [2.24, 2.45) is 0 Å². The predicted octanol–water partition coefficient (Wildman–Crippen LogP) is 1.90. The molecule has 0 N–H and O–H groups in total. The van der Waals surface area contributed by atoms with E-state index >= 15 is 0 Å². The maximum Gasteiger partial charge on any atom is 0.319 e. The molecule has 2 heterocycles. The lowest BCUT2D eigenvalue weighted by Gasteiger charge is -2.15.